The molecule has 136 valence electrons. The molecular weight excluding hydrogens is 368 g/mol. The predicted octanol–water partition coefficient (Wildman–Crippen LogP) is 4.01. The molecule has 0 aliphatic heterocycles. The summed E-state index contributed by atoms with van der Waals surface area (Å²) < 4.78 is 11.6. The fourth-order valence-corrected chi connectivity index (χ4v) is 4.06. The lowest BCUT2D eigenvalue weighted by molar-refractivity contribution is 0.355. The molecule has 3 aromatic rings. The van der Waals surface area contributed by atoms with Crippen molar-refractivity contribution in [1.82, 2.24) is 10.2 Å². The molecule has 3 N–H and O–H groups in total. The van der Waals surface area contributed by atoms with Crippen molar-refractivity contribution in [3.63, 3.8) is 0 Å². The zero-order valence-corrected chi connectivity index (χ0v) is 16.2. The monoisotopic (exact) mass is 388 g/mol. The van der Waals surface area contributed by atoms with Crippen molar-refractivity contribution in [2.75, 3.05) is 37.6 Å². The van der Waals surface area contributed by atoms with E-state index in [1.54, 1.807) is 26.0 Å². The van der Waals surface area contributed by atoms with Crippen LogP contribution in [0.4, 0.5) is 10.8 Å². The summed E-state index contributed by atoms with van der Waals surface area (Å²) in [6.45, 7) is 0.800. The van der Waals surface area contributed by atoms with Crippen molar-refractivity contribution in [2.45, 2.75) is 4.34 Å². The molecule has 8 heteroatoms. The highest BCUT2D eigenvalue weighted by atomic mass is 32.2. The second-order valence-electron chi connectivity index (χ2n) is 5.30. The van der Waals surface area contributed by atoms with Gasteiger partial charge in [-0.3, -0.25) is 0 Å². The summed E-state index contributed by atoms with van der Waals surface area (Å²) >= 11 is 3.05. The van der Waals surface area contributed by atoms with E-state index >= 15 is 0 Å². The van der Waals surface area contributed by atoms with E-state index in [-0.39, 0.29) is 0 Å². The van der Waals surface area contributed by atoms with Gasteiger partial charge >= 0.3 is 0 Å². The molecule has 0 radical (unpaired) electrons. The number of hydrogen-bond acceptors (Lipinski definition) is 8. The average Bonchev–Trinajstić information content (AvgIpc) is 3.10. The minimum Gasteiger partial charge on any atom is -0.493 e. The number of ether oxygens (including phenoxy) is 2. The van der Waals surface area contributed by atoms with Crippen LogP contribution in [0.25, 0.3) is 11.1 Å². The average molecular weight is 389 g/mol. The molecule has 0 aliphatic carbocycles. The summed E-state index contributed by atoms with van der Waals surface area (Å²) in [5.41, 5.74) is 8.84. The zero-order valence-electron chi connectivity index (χ0n) is 14.6. The molecule has 0 fully saturated rings. The summed E-state index contributed by atoms with van der Waals surface area (Å²) in [7, 11) is 3.28. The third kappa shape index (κ3) is 4.39. The van der Waals surface area contributed by atoms with Gasteiger partial charge in [-0.1, -0.05) is 47.4 Å². The van der Waals surface area contributed by atoms with Crippen molar-refractivity contribution in [3.8, 4) is 22.6 Å². The number of hydrogen-bond donors (Lipinski definition) is 2. The first-order chi connectivity index (χ1) is 12.7. The largest absolute Gasteiger partial charge is 0.493 e. The SMILES string of the molecule is COc1ccc(-c2ccccc2NCCSc2nnc(N)s2)cc1OC. The Balaban J connectivity index is 1.70. The Kier molecular flexibility index (Phi) is 6.19. The van der Waals surface area contributed by atoms with Crippen LogP contribution in [0.2, 0.25) is 0 Å². The summed E-state index contributed by atoms with van der Waals surface area (Å²) in [5, 5.41) is 11.8. The lowest BCUT2D eigenvalue weighted by atomic mass is 10.0. The molecule has 0 unspecified atom stereocenters. The van der Waals surface area contributed by atoms with Gasteiger partial charge in [0.2, 0.25) is 5.13 Å². The predicted molar refractivity (Wildman–Crippen MR) is 109 cm³/mol. The van der Waals surface area contributed by atoms with Crippen LogP contribution >= 0.6 is 23.1 Å². The number of nitrogens with zero attached hydrogens (tertiary/aromatic N) is 2. The second kappa shape index (κ2) is 8.77. The minimum atomic E-state index is 0.499. The van der Waals surface area contributed by atoms with Crippen LogP contribution in [-0.2, 0) is 0 Å². The Morgan fingerprint density at radius 3 is 2.62 bits per heavy atom. The molecule has 0 aliphatic rings. The molecule has 0 saturated heterocycles. The fourth-order valence-electron chi connectivity index (χ4n) is 2.50. The van der Waals surface area contributed by atoms with Crippen LogP contribution < -0.4 is 20.5 Å². The molecule has 6 nitrogen and oxygen atoms in total. The number of thioether (sulfide) groups is 1. The van der Waals surface area contributed by atoms with Gasteiger partial charge in [-0.15, -0.1) is 10.2 Å². The summed E-state index contributed by atoms with van der Waals surface area (Å²) in [6, 6.07) is 14.1. The molecule has 0 spiro atoms. The summed E-state index contributed by atoms with van der Waals surface area (Å²) in [5.74, 6) is 2.30. The van der Waals surface area contributed by atoms with E-state index in [0.717, 1.165) is 39.2 Å². The molecule has 1 aromatic heterocycles. The first-order valence-corrected chi connectivity index (χ1v) is 9.78. The number of nitrogens with two attached hydrogens (primary N) is 1. The molecule has 0 bridgehead atoms. The molecule has 1 heterocycles. The first kappa shape index (κ1) is 18.3. The Labute approximate surface area is 160 Å². The molecule has 0 atom stereocenters. The van der Waals surface area contributed by atoms with E-state index in [0.29, 0.717) is 10.9 Å². The Bertz CT molecular complexity index is 870. The van der Waals surface area contributed by atoms with E-state index in [4.69, 9.17) is 15.2 Å². The molecule has 0 saturated carbocycles. The minimum absolute atomic E-state index is 0.499. The van der Waals surface area contributed by atoms with Gasteiger partial charge in [0.15, 0.2) is 15.8 Å². The van der Waals surface area contributed by atoms with E-state index in [1.165, 1.54) is 11.3 Å². The van der Waals surface area contributed by atoms with E-state index in [2.05, 4.69) is 27.6 Å². The Morgan fingerprint density at radius 2 is 1.88 bits per heavy atom. The first-order valence-electron chi connectivity index (χ1n) is 7.98. The number of nitrogen functional groups attached to an aromatic ring is 1. The maximum atomic E-state index is 5.60. The van der Waals surface area contributed by atoms with Crippen LogP contribution in [0.3, 0.4) is 0 Å². The van der Waals surface area contributed by atoms with E-state index < -0.39 is 0 Å². The maximum absolute atomic E-state index is 5.60. The van der Waals surface area contributed by atoms with Crippen molar-refractivity contribution >= 4 is 33.9 Å². The lowest BCUT2D eigenvalue weighted by Crippen LogP contribution is -2.05. The number of methoxy groups -OCH3 is 2. The highest BCUT2D eigenvalue weighted by Gasteiger charge is 2.09. The molecule has 2 aromatic carbocycles. The topological polar surface area (TPSA) is 82.3 Å². The zero-order chi connectivity index (χ0) is 18.4. The third-order valence-electron chi connectivity index (χ3n) is 3.69. The number of anilines is 2. The standard InChI is InChI=1S/C18H20N4O2S2/c1-23-15-8-7-12(11-16(15)24-2)13-5-3-4-6-14(13)20-9-10-25-18-22-21-17(19)26-18/h3-8,11,20H,9-10H2,1-2H3,(H2,19,21). The fraction of sp³-hybridized carbons (Fsp3) is 0.222. The van der Waals surface area contributed by atoms with Crippen molar-refractivity contribution in [2.24, 2.45) is 0 Å². The lowest BCUT2D eigenvalue weighted by Gasteiger charge is -2.14. The highest BCUT2D eigenvalue weighted by Crippen LogP contribution is 2.35. The number of nitrogens with one attached hydrogen (secondary N) is 1. The van der Waals surface area contributed by atoms with Crippen LogP contribution in [0.1, 0.15) is 0 Å². The number of rotatable bonds is 8. The van der Waals surface area contributed by atoms with Gasteiger partial charge in [0.1, 0.15) is 0 Å². The highest BCUT2D eigenvalue weighted by molar-refractivity contribution is 8.01. The summed E-state index contributed by atoms with van der Waals surface area (Å²) in [6.07, 6.45) is 0. The van der Waals surface area contributed by atoms with Gasteiger partial charge < -0.3 is 20.5 Å². The number of aromatic nitrogens is 2. The molecule has 26 heavy (non-hydrogen) atoms. The molecule has 3 rings (SSSR count). The van der Waals surface area contributed by atoms with Gasteiger partial charge in [0.25, 0.3) is 0 Å². The smallest absolute Gasteiger partial charge is 0.203 e. The summed E-state index contributed by atoms with van der Waals surface area (Å²) in [4.78, 5) is 0. The maximum Gasteiger partial charge on any atom is 0.203 e. The van der Waals surface area contributed by atoms with Crippen molar-refractivity contribution < 1.29 is 9.47 Å². The Hall–Kier alpha value is -2.45. The van der Waals surface area contributed by atoms with Gasteiger partial charge in [-0.2, -0.15) is 0 Å². The number of benzene rings is 2. The molecular formula is C18H20N4O2S2. The van der Waals surface area contributed by atoms with E-state index in [9.17, 15) is 0 Å². The van der Waals surface area contributed by atoms with Crippen molar-refractivity contribution in [3.05, 3.63) is 42.5 Å². The van der Waals surface area contributed by atoms with E-state index in [1.807, 2.05) is 30.3 Å². The van der Waals surface area contributed by atoms with Gasteiger partial charge in [0, 0.05) is 23.5 Å². The van der Waals surface area contributed by atoms with Crippen LogP contribution in [-0.4, -0.2) is 36.7 Å². The third-order valence-corrected chi connectivity index (χ3v) is 5.57. The van der Waals surface area contributed by atoms with Crippen LogP contribution in [0.15, 0.2) is 46.8 Å². The van der Waals surface area contributed by atoms with Crippen LogP contribution in [0, 0.1) is 0 Å². The van der Waals surface area contributed by atoms with Gasteiger partial charge in [-0.25, -0.2) is 0 Å². The van der Waals surface area contributed by atoms with Gasteiger partial charge in [-0.05, 0) is 23.8 Å². The van der Waals surface area contributed by atoms with Gasteiger partial charge in [0.05, 0.1) is 14.2 Å². The molecule has 0 amide bonds. The number of para-hydroxylation sites is 1. The van der Waals surface area contributed by atoms with Crippen LogP contribution in [0.5, 0.6) is 11.5 Å². The second-order valence-corrected chi connectivity index (χ2v) is 7.65. The Morgan fingerprint density at radius 1 is 1.08 bits per heavy atom. The van der Waals surface area contributed by atoms with Crippen molar-refractivity contribution in [1.29, 1.82) is 0 Å². The normalized spacial score (nSPS) is 10.5. The quantitative estimate of drug-likeness (QED) is 0.446.